The van der Waals surface area contributed by atoms with E-state index in [0.717, 1.165) is 23.9 Å². The molecule has 6 heteroatoms. The van der Waals surface area contributed by atoms with Crippen LogP contribution in [0.4, 0.5) is 0 Å². The van der Waals surface area contributed by atoms with E-state index in [0.29, 0.717) is 6.04 Å². The molecule has 1 aliphatic carbocycles. The van der Waals surface area contributed by atoms with E-state index in [1.807, 2.05) is 13.0 Å². The Balaban J connectivity index is 1.83. The third-order valence-electron chi connectivity index (χ3n) is 2.75. The molecule has 0 saturated heterocycles. The van der Waals surface area contributed by atoms with Gasteiger partial charge in [0.25, 0.3) is 0 Å². The molecule has 88 valence electrons. The lowest BCUT2D eigenvalue weighted by Gasteiger charge is -2.05. The number of hydrogen-bond donors (Lipinski definition) is 1. The van der Waals surface area contributed by atoms with Gasteiger partial charge in [0, 0.05) is 17.8 Å². The van der Waals surface area contributed by atoms with Crippen molar-refractivity contribution in [1.29, 1.82) is 0 Å². The SMILES string of the molecule is Cc1cc(-n2ncnc2CNC2CC2)ncn1. The molecule has 17 heavy (non-hydrogen) atoms. The smallest absolute Gasteiger partial charge is 0.159 e. The second-order valence-corrected chi connectivity index (χ2v) is 4.26. The summed E-state index contributed by atoms with van der Waals surface area (Å²) in [6, 6.07) is 2.56. The predicted molar refractivity (Wildman–Crippen MR) is 61.5 cm³/mol. The number of aromatic nitrogens is 5. The Morgan fingerprint density at radius 3 is 2.94 bits per heavy atom. The van der Waals surface area contributed by atoms with Gasteiger partial charge in [0.1, 0.15) is 18.5 Å². The second kappa shape index (κ2) is 4.21. The monoisotopic (exact) mass is 230 g/mol. The summed E-state index contributed by atoms with van der Waals surface area (Å²) in [5, 5.41) is 7.62. The van der Waals surface area contributed by atoms with E-state index in [1.54, 1.807) is 17.3 Å². The first kappa shape index (κ1) is 10.3. The average molecular weight is 230 g/mol. The minimum atomic E-state index is 0.660. The molecule has 0 radical (unpaired) electrons. The van der Waals surface area contributed by atoms with Crippen LogP contribution >= 0.6 is 0 Å². The third kappa shape index (κ3) is 2.31. The first-order valence-corrected chi connectivity index (χ1v) is 5.74. The molecule has 0 aliphatic heterocycles. The van der Waals surface area contributed by atoms with Crippen LogP contribution in [0.5, 0.6) is 0 Å². The maximum atomic E-state index is 4.25. The van der Waals surface area contributed by atoms with Gasteiger partial charge in [-0.3, -0.25) is 0 Å². The van der Waals surface area contributed by atoms with Gasteiger partial charge in [0.05, 0.1) is 6.54 Å². The van der Waals surface area contributed by atoms with Crippen molar-refractivity contribution in [2.45, 2.75) is 32.4 Å². The zero-order valence-corrected chi connectivity index (χ0v) is 9.67. The molecule has 2 aromatic heterocycles. The summed E-state index contributed by atoms with van der Waals surface area (Å²) in [6.45, 7) is 2.66. The van der Waals surface area contributed by atoms with Crippen LogP contribution in [-0.4, -0.2) is 30.8 Å². The van der Waals surface area contributed by atoms with Gasteiger partial charge in [-0.05, 0) is 19.8 Å². The summed E-state index contributed by atoms with van der Waals surface area (Å²) in [5.41, 5.74) is 0.923. The molecular weight excluding hydrogens is 216 g/mol. The summed E-state index contributed by atoms with van der Waals surface area (Å²) < 4.78 is 1.75. The van der Waals surface area contributed by atoms with Gasteiger partial charge in [0.2, 0.25) is 0 Å². The van der Waals surface area contributed by atoms with Gasteiger partial charge in [-0.15, -0.1) is 0 Å². The molecule has 1 saturated carbocycles. The minimum Gasteiger partial charge on any atom is -0.307 e. The van der Waals surface area contributed by atoms with Crippen molar-refractivity contribution < 1.29 is 0 Å². The first-order chi connectivity index (χ1) is 8.33. The molecular formula is C11H14N6. The van der Waals surface area contributed by atoms with Crippen LogP contribution in [0, 0.1) is 6.92 Å². The molecule has 0 spiro atoms. The van der Waals surface area contributed by atoms with Crippen LogP contribution in [0.3, 0.4) is 0 Å². The van der Waals surface area contributed by atoms with Crippen LogP contribution in [0.25, 0.3) is 5.82 Å². The van der Waals surface area contributed by atoms with E-state index in [-0.39, 0.29) is 0 Å². The fourth-order valence-electron chi connectivity index (χ4n) is 1.66. The van der Waals surface area contributed by atoms with Crippen molar-refractivity contribution in [3.63, 3.8) is 0 Å². The highest BCUT2D eigenvalue weighted by molar-refractivity contribution is 5.22. The first-order valence-electron chi connectivity index (χ1n) is 5.74. The molecule has 1 aliphatic rings. The molecule has 1 fully saturated rings. The normalized spacial score (nSPS) is 15.1. The Labute approximate surface area is 99.1 Å². The standard InChI is InChI=1S/C11H14N6/c1-8-4-10(14-6-13-8)17-11(15-7-16-17)5-12-9-2-3-9/h4,6-7,9,12H,2-3,5H2,1H3. The zero-order valence-electron chi connectivity index (χ0n) is 9.67. The summed E-state index contributed by atoms with van der Waals surface area (Å²) in [4.78, 5) is 12.5. The molecule has 0 aromatic carbocycles. The van der Waals surface area contributed by atoms with Gasteiger partial charge in [-0.25, -0.2) is 15.0 Å². The predicted octanol–water partition coefficient (Wildman–Crippen LogP) is 0.618. The van der Waals surface area contributed by atoms with Crippen molar-refractivity contribution in [2.75, 3.05) is 0 Å². The number of aryl methyl sites for hydroxylation is 1. The van der Waals surface area contributed by atoms with Crippen molar-refractivity contribution in [1.82, 2.24) is 30.0 Å². The Hall–Kier alpha value is -1.82. The number of rotatable bonds is 4. The lowest BCUT2D eigenvalue weighted by molar-refractivity contribution is 0.633. The quantitative estimate of drug-likeness (QED) is 0.833. The van der Waals surface area contributed by atoms with Crippen LogP contribution in [0.2, 0.25) is 0 Å². The summed E-state index contributed by atoms with van der Waals surface area (Å²) in [7, 11) is 0. The molecule has 1 N–H and O–H groups in total. The second-order valence-electron chi connectivity index (χ2n) is 4.26. The Kier molecular flexibility index (Phi) is 2.56. The van der Waals surface area contributed by atoms with Crippen LogP contribution in [0.1, 0.15) is 24.4 Å². The molecule has 0 unspecified atom stereocenters. The van der Waals surface area contributed by atoms with E-state index in [4.69, 9.17) is 0 Å². The summed E-state index contributed by atoms with van der Waals surface area (Å²) in [5.74, 6) is 1.65. The van der Waals surface area contributed by atoms with Gasteiger partial charge in [-0.2, -0.15) is 9.78 Å². The van der Waals surface area contributed by atoms with E-state index in [1.165, 1.54) is 12.8 Å². The van der Waals surface area contributed by atoms with Gasteiger partial charge in [-0.1, -0.05) is 0 Å². The lowest BCUT2D eigenvalue weighted by atomic mass is 10.4. The maximum absolute atomic E-state index is 4.25. The van der Waals surface area contributed by atoms with Gasteiger partial charge < -0.3 is 5.32 Å². The summed E-state index contributed by atoms with van der Waals surface area (Å²) >= 11 is 0. The van der Waals surface area contributed by atoms with E-state index in [9.17, 15) is 0 Å². The number of nitrogens with zero attached hydrogens (tertiary/aromatic N) is 5. The topological polar surface area (TPSA) is 68.5 Å². The van der Waals surface area contributed by atoms with Crippen molar-refractivity contribution in [3.05, 3.63) is 30.2 Å². The third-order valence-corrected chi connectivity index (χ3v) is 2.75. The number of hydrogen-bond acceptors (Lipinski definition) is 5. The number of nitrogens with one attached hydrogen (secondary N) is 1. The molecule has 2 heterocycles. The van der Waals surface area contributed by atoms with Crippen LogP contribution in [-0.2, 0) is 6.54 Å². The lowest BCUT2D eigenvalue weighted by Crippen LogP contribution is -2.19. The maximum Gasteiger partial charge on any atom is 0.159 e. The Morgan fingerprint density at radius 1 is 1.29 bits per heavy atom. The minimum absolute atomic E-state index is 0.660. The molecule has 3 rings (SSSR count). The van der Waals surface area contributed by atoms with E-state index >= 15 is 0 Å². The fraction of sp³-hybridized carbons (Fsp3) is 0.455. The highest BCUT2D eigenvalue weighted by Crippen LogP contribution is 2.19. The highest BCUT2D eigenvalue weighted by Gasteiger charge is 2.21. The molecule has 0 bridgehead atoms. The molecule has 0 amide bonds. The molecule has 0 atom stereocenters. The van der Waals surface area contributed by atoms with Crippen molar-refractivity contribution >= 4 is 0 Å². The van der Waals surface area contributed by atoms with E-state index in [2.05, 4.69) is 25.4 Å². The Morgan fingerprint density at radius 2 is 2.18 bits per heavy atom. The fourth-order valence-corrected chi connectivity index (χ4v) is 1.66. The largest absolute Gasteiger partial charge is 0.307 e. The van der Waals surface area contributed by atoms with Crippen molar-refractivity contribution in [2.24, 2.45) is 0 Å². The average Bonchev–Trinajstić information content (AvgIpc) is 3.04. The molecule has 2 aromatic rings. The molecule has 6 nitrogen and oxygen atoms in total. The zero-order chi connectivity index (χ0) is 11.7. The van der Waals surface area contributed by atoms with Crippen LogP contribution < -0.4 is 5.32 Å². The Bertz CT molecular complexity index is 516. The van der Waals surface area contributed by atoms with Gasteiger partial charge in [0.15, 0.2) is 5.82 Å². The van der Waals surface area contributed by atoms with Gasteiger partial charge >= 0.3 is 0 Å². The van der Waals surface area contributed by atoms with Crippen molar-refractivity contribution in [3.8, 4) is 5.82 Å². The highest BCUT2D eigenvalue weighted by atomic mass is 15.4. The van der Waals surface area contributed by atoms with Crippen LogP contribution in [0.15, 0.2) is 18.7 Å². The summed E-state index contributed by atoms with van der Waals surface area (Å²) in [6.07, 6.45) is 5.63. The van der Waals surface area contributed by atoms with E-state index < -0.39 is 0 Å².